The van der Waals surface area contributed by atoms with E-state index in [1.54, 1.807) is 13.1 Å². The predicted octanol–water partition coefficient (Wildman–Crippen LogP) is 3.41. The molecule has 0 fully saturated rings. The third-order valence-corrected chi connectivity index (χ3v) is 3.25. The fourth-order valence-corrected chi connectivity index (χ4v) is 2.01. The van der Waals surface area contributed by atoms with Gasteiger partial charge in [-0.25, -0.2) is 4.98 Å². The van der Waals surface area contributed by atoms with E-state index in [0.717, 1.165) is 16.9 Å². The monoisotopic (exact) mass is 284 g/mol. The second-order valence-corrected chi connectivity index (χ2v) is 5.19. The smallest absolute Gasteiger partial charge is 0.266 e. The van der Waals surface area contributed by atoms with E-state index in [4.69, 9.17) is 4.74 Å². The fourth-order valence-electron chi connectivity index (χ4n) is 2.01. The van der Waals surface area contributed by atoms with Crippen molar-refractivity contribution in [2.45, 2.75) is 33.8 Å². The number of anilines is 1. The molecule has 1 N–H and O–H groups in total. The predicted molar refractivity (Wildman–Crippen MR) is 83.6 cm³/mol. The van der Waals surface area contributed by atoms with Crippen LogP contribution in [-0.4, -0.2) is 17.0 Å². The van der Waals surface area contributed by atoms with Crippen molar-refractivity contribution in [2.24, 2.45) is 0 Å². The number of nitrogens with zero attached hydrogens (tertiary/aromatic N) is 1. The number of rotatable bonds is 4. The van der Waals surface area contributed by atoms with E-state index in [-0.39, 0.29) is 5.91 Å². The molecule has 0 radical (unpaired) electrons. The summed E-state index contributed by atoms with van der Waals surface area (Å²) >= 11 is 0. The highest BCUT2D eigenvalue weighted by Crippen LogP contribution is 2.20. The van der Waals surface area contributed by atoms with Crippen LogP contribution >= 0.6 is 0 Å². The highest BCUT2D eigenvalue weighted by atomic mass is 16.5. The van der Waals surface area contributed by atoms with Gasteiger partial charge in [-0.3, -0.25) is 4.79 Å². The Labute approximate surface area is 125 Å². The molecule has 0 aliphatic heterocycles. The van der Waals surface area contributed by atoms with Crippen LogP contribution in [0, 0.1) is 20.8 Å². The highest BCUT2D eigenvalue weighted by molar-refractivity contribution is 5.93. The number of amides is 1. The van der Waals surface area contributed by atoms with Crippen molar-refractivity contribution in [3.05, 3.63) is 53.2 Å². The Bertz CT molecular complexity index is 653. The van der Waals surface area contributed by atoms with Gasteiger partial charge >= 0.3 is 0 Å². The van der Waals surface area contributed by atoms with Gasteiger partial charge < -0.3 is 10.1 Å². The van der Waals surface area contributed by atoms with Gasteiger partial charge in [0, 0.05) is 6.20 Å². The lowest BCUT2D eigenvalue weighted by atomic mass is 10.1. The minimum atomic E-state index is -0.590. The molecule has 21 heavy (non-hydrogen) atoms. The summed E-state index contributed by atoms with van der Waals surface area (Å²) in [6.45, 7) is 7.62. The van der Waals surface area contributed by atoms with Crippen LogP contribution in [0.2, 0.25) is 0 Å². The van der Waals surface area contributed by atoms with E-state index < -0.39 is 6.10 Å². The molecule has 0 bridgehead atoms. The molecular formula is C17H20N2O2. The molecule has 0 aliphatic rings. The Kier molecular flexibility index (Phi) is 4.58. The van der Waals surface area contributed by atoms with Crippen LogP contribution in [0.5, 0.6) is 5.75 Å². The molecule has 1 amide bonds. The molecular weight excluding hydrogens is 264 g/mol. The van der Waals surface area contributed by atoms with Crippen molar-refractivity contribution in [3.63, 3.8) is 0 Å². The summed E-state index contributed by atoms with van der Waals surface area (Å²) in [5.74, 6) is 1.08. The van der Waals surface area contributed by atoms with Gasteiger partial charge in [-0.1, -0.05) is 23.8 Å². The molecule has 0 saturated heterocycles. The van der Waals surface area contributed by atoms with Crippen molar-refractivity contribution >= 4 is 11.7 Å². The first kappa shape index (κ1) is 15.0. The molecule has 2 aromatic rings. The highest BCUT2D eigenvalue weighted by Gasteiger charge is 2.17. The topological polar surface area (TPSA) is 51.2 Å². The summed E-state index contributed by atoms with van der Waals surface area (Å²) in [4.78, 5) is 16.3. The van der Waals surface area contributed by atoms with Crippen LogP contribution < -0.4 is 10.1 Å². The number of aryl methyl sites for hydroxylation is 3. The van der Waals surface area contributed by atoms with Crippen LogP contribution in [0.3, 0.4) is 0 Å². The number of aromatic nitrogens is 1. The van der Waals surface area contributed by atoms with E-state index >= 15 is 0 Å². The lowest BCUT2D eigenvalue weighted by Gasteiger charge is -2.16. The number of hydrogen-bond donors (Lipinski definition) is 1. The number of carbonyl (C=O) groups excluding carboxylic acids is 1. The molecule has 0 aliphatic carbocycles. The van der Waals surface area contributed by atoms with Crippen LogP contribution in [0.1, 0.15) is 23.6 Å². The van der Waals surface area contributed by atoms with Gasteiger partial charge in [-0.05, 0) is 51.0 Å². The van der Waals surface area contributed by atoms with E-state index in [1.165, 1.54) is 5.56 Å². The molecule has 110 valence electrons. The van der Waals surface area contributed by atoms with E-state index in [9.17, 15) is 4.79 Å². The molecule has 1 aromatic heterocycles. The second-order valence-electron chi connectivity index (χ2n) is 5.19. The standard InChI is InChI=1S/C17H20N2O2/c1-11-7-8-15(13(3)10-11)21-14(4)17(20)19-16-12(2)6-5-9-18-16/h5-10,14H,1-4H3,(H,18,19,20)/t14-/m0/s1. The molecule has 2 rings (SSSR count). The summed E-state index contributed by atoms with van der Waals surface area (Å²) in [5, 5.41) is 2.79. The summed E-state index contributed by atoms with van der Waals surface area (Å²) in [6.07, 6.45) is 1.06. The van der Waals surface area contributed by atoms with E-state index in [0.29, 0.717) is 5.82 Å². The number of pyridine rings is 1. The second kappa shape index (κ2) is 6.39. The maximum atomic E-state index is 12.2. The Morgan fingerprint density at radius 3 is 2.62 bits per heavy atom. The lowest BCUT2D eigenvalue weighted by Crippen LogP contribution is -2.30. The summed E-state index contributed by atoms with van der Waals surface area (Å²) in [7, 11) is 0. The van der Waals surface area contributed by atoms with Crippen molar-refractivity contribution in [3.8, 4) is 5.75 Å². The average molecular weight is 284 g/mol. The number of hydrogen-bond acceptors (Lipinski definition) is 3. The average Bonchev–Trinajstić information content (AvgIpc) is 2.44. The van der Waals surface area contributed by atoms with Gasteiger partial charge in [0.15, 0.2) is 6.10 Å². The molecule has 4 nitrogen and oxygen atoms in total. The third-order valence-electron chi connectivity index (χ3n) is 3.25. The molecule has 1 aromatic carbocycles. The Balaban J connectivity index is 2.04. The minimum absolute atomic E-state index is 0.211. The first-order valence-electron chi connectivity index (χ1n) is 6.94. The minimum Gasteiger partial charge on any atom is -0.481 e. The number of nitrogens with one attached hydrogen (secondary N) is 1. The normalized spacial score (nSPS) is 11.8. The maximum Gasteiger partial charge on any atom is 0.266 e. The van der Waals surface area contributed by atoms with Crippen molar-refractivity contribution < 1.29 is 9.53 Å². The first-order chi connectivity index (χ1) is 9.97. The van der Waals surface area contributed by atoms with Crippen molar-refractivity contribution in [2.75, 3.05) is 5.32 Å². The summed E-state index contributed by atoms with van der Waals surface area (Å²) in [5.41, 5.74) is 3.11. The Morgan fingerprint density at radius 1 is 1.19 bits per heavy atom. The van der Waals surface area contributed by atoms with Crippen LogP contribution in [0.25, 0.3) is 0 Å². The van der Waals surface area contributed by atoms with Gasteiger partial charge in [0.25, 0.3) is 5.91 Å². The van der Waals surface area contributed by atoms with Crippen molar-refractivity contribution in [1.29, 1.82) is 0 Å². The zero-order valence-corrected chi connectivity index (χ0v) is 12.8. The molecule has 0 unspecified atom stereocenters. The van der Waals surface area contributed by atoms with Crippen LogP contribution in [0.15, 0.2) is 36.5 Å². The Morgan fingerprint density at radius 2 is 1.95 bits per heavy atom. The lowest BCUT2D eigenvalue weighted by molar-refractivity contribution is -0.122. The van der Waals surface area contributed by atoms with E-state index in [2.05, 4.69) is 10.3 Å². The van der Waals surface area contributed by atoms with Gasteiger partial charge in [0.1, 0.15) is 11.6 Å². The third kappa shape index (κ3) is 3.81. The van der Waals surface area contributed by atoms with Crippen molar-refractivity contribution in [1.82, 2.24) is 4.98 Å². The van der Waals surface area contributed by atoms with Crippen LogP contribution in [-0.2, 0) is 4.79 Å². The number of benzene rings is 1. The molecule has 1 atom stereocenters. The van der Waals surface area contributed by atoms with Gasteiger partial charge in [0.2, 0.25) is 0 Å². The molecule has 0 spiro atoms. The Hall–Kier alpha value is -2.36. The van der Waals surface area contributed by atoms with E-state index in [1.807, 2.05) is 51.1 Å². The fraction of sp³-hybridized carbons (Fsp3) is 0.294. The van der Waals surface area contributed by atoms with Gasteiger partial charge in [-0.15, -0.1) is 0 Å². The van der Waals surface area contributed by atoms with Gasteiger partial charge in [-0.2, -0.15) is 0 Å². The zero-order chi connectivity index (χ0) is 15.4. The van der Waals surface area contributed by atoms with Crippen LogP contribution in [0.4, 0.5) is 5.82 Å². The largest absolute Gasteiger partial charge is 0.481 e. The SMILES string of the molecule is Cc1ccc(O[C@@H](C)C(=O)Nc2ncccc2C)c(C)c1. The first-order valence-corrected chi connectivity index (χ1v) is 6.94. The van der Waals surface area contributed by atoms with Gasteiger partial charge in [0.05, 0.1) is 0 Å². The number of carbonyl (C=O) groups is 1. The number of ether oxygens (including phenoxy) is 1. The summed E-state index contributed by atoms with van der Waals surface area (Å²) in [6, 6.07) is 9.62. The maximum absolute atomic E-state index is 12.2. The quantitative estimate of drug-likeness (QED) is 0.936. The molecule has 4 heteroatoms. The summed E-state index contributed by atoms with van der Waals surface area (Å²) < 4.78 is 5.73. The molecule has 1 heterocycles. The molecule has 0 saturated carbocycles. The zero-order valence-electron chi connectivity index (χ0n) is 12.8.